The largest absolute Gasteiger partial charge is 0.480 e. The van der Waals surface area contributed by atoms with E-state index in [4.69, 9.17) is 5.11 Å². The van der Waals surface area contributed by atoms with Gasteiger partial charge >= 0.3 is 5.97 Å². The quantitative estimate of drug-likeness (QED) is 0.775. The number of aromatic nitrogens is 4. The summed E-state index contributed by atoms with van der Waals surface area (Å²) in [6.07, 6.45) is 0. The lowest BCUT2D eigenvalue weighted by Crippen LogP contribution is -2.26. The predicted molar refractivity (Wildman–Crippen MR) is 56.2 cm³/mol. The molecule has 7 heteroatoms. The number of anilines is 1. The maximum Gasteiger partial charge on any atom is 0.325 e. The van der Waals surface area contributed by atoms with Crippen LogP contribution in [0.2, 0.25) is 0 Å². The van der Waals surface area contributed by atoms with Crippen LogP contribution in [-0.4, -0.2) is 36.9 Å². The summed E-state index contributed by atoms with van der Waals surface area (Å²) >= 11 is 0. The molecule has 2 rings (SSSR count). The smallest absolute Gasteiger partial charge is 0.325 e. The van der Waals surface area contributed by atoms with E-state index in [2.05, 4.69) is 20.5 Å². The third kappa shape index (κ3) is 1.92. The first kappa shape index (κ1) is 10.3. The summed E-state index contributed by atoms with van der Waals surface area (Å²) in [6.45, 7) is 3.31. The monoisotopic (exact) mass is 221 g/mol. The van der Waals surface area contributed by atoms with Crippen LogP contribution in [0.3, 0.4) is 0 Å². The van der Waals surface area contributed by atoms with Crippen molar-refractivity contribution in [2.45, 2.75) is 19.9 Å². The maximum atomic E-state index is 10.6. The fourth-order valence-electron chi connectivity index (χ4n) is 1.25. The van der Waals surface area contributed by atoms with Gasteiger partial charge in [-0.1, -0.05) is 0 Å². The van der Waals surface area contributed by atoms with Gasteiger partial charge in [-0.25, -0.2) is 4.98 Å². The minimum Gasteiger partial charge on any atom is -0.480 e. The molecule has 0 saturated heterocycles. The number of aryl methyl sites for hydroxylation is 1. The Kier molecular flexibility index (Phi) is 2.43. The lowest BCUT2D eigenvalue weighted by Gasteiger charge is -2.08. The number of nitrogens with zero attached hydrogens (tertiary/aromatic N) is 4. The van der Waals surface area contributed by atoms with E-state index in [1.165, 1.54) is 4.63 Å². The van der Waals surface area contributed by atoms with Crippen LogP contribution in [0, 0.1) is 6.92 Å². The number of aliphatic carboxylic acids is 1. The molecule has 2 heterocycles. The molecule has 2 aromatic heterocycles. The van der Waals surface area contributed by atoms with Crippen LogP contribution in [0.1, 0.15) is 12.7 Å². The van der Waals surface area contributed by atoms with Crippen molar-refractivity contribution in [1.82, 2.24) is 19.8 Å². The molecule has 0 bridgehead atoms. The van der Waals surface area contributed by atoms with Gasteiger partial charge in [0, 0.05) is 0 Å². The molecule has 7 nitrogen and oxygen atoms in total. The summed E-state index contributed by atoms with van der Waals surface area (Å²) in [4.78, 5) is 14.8. The van der Waals surface area contributed by atoms with Crippen molar-refractivity contribution in [3.8, 4) is 0 Å². The minimum atomic E-state index is -0.934. The van der Waals surface area contributed by atoms with Crippen LogP contribution in [0.4, 0.5) is 5.82 Å². The molecule has 0 unspecified atom stereocenters. The Hall–Kier alpha value is -2.18. The number of rotatable bonds is 3. The summed E-state index contributed by atoms with van der Waals surface area (Å²) in [5, 5.41) is 19.6. The molecule has 1 atom stereocenters. The normalized spacial score (nSPS) is 12.6. The Morgan fingerprint density at radius 3 is 2.94 bits per heavy atom. The summed E-state index contributed by atoms with van der Waals surface area (Å²) in [7, 11) is 0. The number of carboxylic acid groups (broad SMARTS) is 1. The van der Waals surface area contributed by atoms with Crippen LogP contribution in [0.5, 0.6) is 0 Å². The lowest BCUT2D eigenvalue weighted by molar-refractivity contribution is -0.137. The van der Waals surface area contributed by atoms with E-state index in [9.17, 15) is 4.79 Å². The first-order chi connectivity index (χ1) is 7.56. The lowest BCUT2D eigenvalue weighted by atomic mass is 10.3. The number of carbonyl (C=O) groups is 1. The molecule has 0 aliphatic carbocycles. The fourth-order valence-corrected chi connectivity index (χ4v) is 1.25. The highest BCUT2D eigenvalue weighted by Gasteiger charge is 2.11. The Morgan fingerprint density at radius 2 is 2.25 bits per heavy atom. The Balaban J connectivity index is 2.28. The molecule has 2 N–H and O–H groups in total. The maximum absolute atomic E-state index is 10.6. The topological polar surface area (TPSA) is 92.4 Å². The van der Waals surface area contributed by atoms with Crippen molar-refractivity contribution in [3.63, 3.8) is 0 Å². The number of fused-ring (bicyclic) bond motifs is 1. The van der Waals surface area contributed by atoms with Gasteiger partial charge in [-0.2, -0.15) is 0 Å². The zero-order chi connectivity index (χ0) is 11.7. The molecule has 0 fully saturated rings. The molecular weight excluding hydrogens is 210 g/mol. The third-order valence-electron chi connectivity index (χ3n) is 2.05. The molecule has 0 saturated carbocycles. The number of nitrogens with one attached hydrogen (secondary N) is 1. The molecule has 0 aliphatic rings. The van der Waals surface area contributed by atoms with E-state index in [-0.39, 0.29) is 0 Å². The van der Waals surface area contributed by atoms with Crippen molar-refractivity contribution < 1.29 is 9.90 Å². The molecule has 16 heavy (non-hydrogen) atoms. The van der Waals surface area contributed by atoms with Crippen molar-refractivity contribution in [2.24, 2.45) is 0 Å². The van der Waals surface area contributed by atoms with Crippen LogP contribution in [0.15, 0.2) is 12.1 Å². The van der Waals surface area contributed by atoms with Crippen LogP contribution in [0.25, 0.3) is 5.65 Å². The van der Waals surface area contributed by atoms with Gasteiger partial charge in [-0.15, -0.1) is 14.8 Å². The third-order valence-corrected chi connectivity index (χ3v) is 2.05. The average Bonchev–Trinajstić information content (AvgIpc) is 2.57. The summed E-state index contributed by atoms with van der Waals surface area (Å²) in [6, 6.07) is 2.70. The second-order valence-electron chi connectivity index (χ2n) is 3.43. The molecule has 0 radical (unpaired) electrons. The first-order valence-corrected chi connectivity index (χ1v) is 4.76. The molecule has 2 aromatic rings. The fraction of sp³-hybridized carbons (Fsp3) is 0.333. The van der Waals surface area contributed by atoms with Gasteiger partial charge in [-0.3, -0.25) is 4.79 Å². The van der Waals surface area contributed by atoms with Gasteiger partial charge in [0.2, 0.25) is 0 Å². The Morgan fingerprint density at radius 1 is 1.50 bits per heavy atom. The standard InChI is InChI=1S/C9H11N5O2/c1-5(9(15)16)10-7-3-4-8-11-6(2)12-14(8)13-7/h3-5H,1-2H3,(H,10,13)(H,15,16)/t5-/m1/s1. The minimum absolute atomic E-state index is 0.451. The predicted octanol–water partition coefficient (Wildman–Crippen LogP) is 0.318. The van der Waals surface area contributed by atoms with Gasteiger partial charge < -0.3 is 10.4 Å². The van der Waals surface area contributed by atoms with Crippen molar-refractivity contribution in [3.05, 3.63) is 18.0 Å². The van der Waals surface area contributed by atoms with Gasteiger partial charge in [0.15, 0.2) is 5.65 Å². The van der Waals surface area contributed by atoms with E-state index < -0.39 is 12.0 Å². The summed E-state index contributed by atoms with van der Waals surface area (Å²) < 4.78 is 1.37. The van der Waals surface area contributed by atoms with E-state index >= 15 is 0 Å². The average molecular weight is 221 g/mol. The van der Waals surface area contributed by atoms with Gasteiger partial charge in [-0.05, 0) is 26.0 Å². The molecule has 0 amide bonds. The van der Waals surface area contributed by atoms with Crippen molar-refractivity contribution in [1.29, 1.82) is 0 Å². The second-order valence-corrected chi connectivity index (χ2v) is 3.43. The SMILES string of the molecule is Cc1nc2ccc(N[C@H](C)C(=O)O)nn2n1. The van der Waals surface area contributed by atoms with Crippen LogP contribution >= 0.6 is 0 Å². The van der Waals surface area contributed by atoms with Crippen molar-refractivity contribution >= 4 is 17.4 Å². The van der Waals surface area contributed by atoms with E-state index in [1.54, 1.807) is 26.0 Å². The molecule has 0 spiro atoms. The van der Waals surface area contributed by atoms with Crippen LogP contribution < -0.4 is 5.32 Å². The Labute approximate surface area is 91.1 Å². The molecule has 84 valence electrons. The number of hydrogen-bond donors (Lipinski definition) is 2. The van der Waals surface area contributed by atoms with Gasteiger partial charge in [0.25, 0.3) is 0 Å². The first-order valence-electron chi connectivity index (χ1n) is 4.76. The summed E-state index contributed by atoms with van der Waals surface area (Å²) in [5.74, 6) is 0.139. The van der Waals surface area contributed by atoms with E-state index in [1.807, 2.05) is 0 Å². The van der Waals surface area contributed by atoms with Crippen LogP contribution in [-0.2, 0) is 4.79 Å². The zero-order valence-electron chi connectivity index (χ0n) is 8.88. The van der Waals surface area contributed by atoms with Gasteiger partial charge in [0.1, 0.15) is 17.7 Å². The van der Waals surface area contributed by atoms with E-state index in [0.29, 0.717) is 17.3 Å². The molecular formula is C9H11N5O2. The number of hydrogen-bond acceptors (Lipinski definition) is 5. The number of carboxylic acids is 1. The summed E-state index contributed by atoms with van der Waals surface area (Å²) in [5.41, 5.74) is 0.631. The second kappa shape index (κ2) is 3.76. The molecule has 0 aliphatic heterocycles. The highest BCUT2D eigenvalue weighted by Crippen LogP contribution is 2.06. The molecule has 0 aromatic carbocycles. The van der Waals surface area contributed by atoms with E-state index in [0.717, 1.165) is 0 Å². The zero-order valence-corrected chi connectivity index (χ0v) is 8.88. The highest BCUT2D eigenvalue weighted by atomic mass is 16.4. The Bertz CT molecular complexity index is 536. The van der Waals surface area contributed by atoms with Crippen molar-refractivity contribution in [2.75, 3.05) is 5.32 Å². The highest BCUT2D eigenvalue weighted by molar-refractivity contribution is 5.76. The van der Waals surface area contributed by atoms with Gasteiger partial charge in [0.05, 0.1) is 0 Å².